The lowest BCUT2D eigenvalue weighted by atomic mass is 10.2. The van der Waals surface area contributed by atoms with Crippen molar-refractivity contribution in [1.29, 1.82) is 0 Å². The molecular weight excluding hydrogens is 319 g/mol. The molecule has 0 aromatic heterocycles. The topological polar surface area (TPSA) is 40.6 Å². The van der Waals surface area contributed by atoms with Crippen molar-refractivity contribution in [2.24, 2.45) is 0 Å². The zero-order chi connectivity index (χ0) is 15.3. The smallest absolute Gasteiger partial charge is 0.244 e. The molecule has 0 fully saturated rings. The van der Waals surface area contributed by atoms with E-state index in [2.05, 4.69) is 0 Å². The molecule has 0 amide bonds. The zero-order valence-corrected chi connectivity index (χ0v) is 14.3. The maximum Gasteiger partial charge on any atom is 0.244 e. The van der Waals surface area contributed by atoms with Crippen molar-refractivity contribution in [2.45, 2.75) is 17.2 Å². The van der Waals surface area contributed by atoms with Crippen LogP contribution in [0.1, 0.15) is 12.0 Å². The predicted octanol–water partition coefficient (Wildman–Crippen LogP) is 2.65. The van der Waals surface area contributed by atoms with Crippen molar-refractivity contribution in [3.63, 3.8) is 0 Å². The van der Waals surface area contributed by atoms with Gasteiger partial charge in [0.2, 0.25) is 10.0 Å². The van der Waals surface area contributed by atoms with E-state index in [-0.39, 0.29) is 15.8 Å². The molecule has 1 aromatic carbocycles. The average Bonchev–Trinajstić information content (AvgIpc) is 2.38. The van der Waals surface area contributed by atoms with Crippen LogP contribution in [0.5, 0.6) is 0 Å². The van der Waals surface area contributed by atoms with Crippen LogP contribution in [0.25, 0.3) is 0 Å². The highest BCUT2D eigenvalue weighted by Gasteiger charge is 2.23. The van der Waals surface area contributed by atoms with E-state index in [1.165, 1.54) is 10.4 Å². The van der Waals surface area contributed by atoms with Crippen LogP contribution in [0.4, 0.5) is 0 Å². The van der Waals surface area contributed by atoms with Crippen molar-refractivity contribution in [2.75, 3.05) is 34.2 Å². The first-order valence-electron chi connectivity index (χ1n) is 6.24. The van der Waals surface area contributed by atoms with Gasteiger partial charge in [0.05, 0.1) is 5.02 Å². The van der Waals surface area contributed by atoms with Crippen LogP contribution >= 0.6 is 23.2 Å². The minimum Gasteiger partial charge on any atom is -0.309 e. The number of hydrogen-bond donors (Lipinski definition) is 0. The Morgan fingerprint density at radius 3 is 2.35 bits per heavy atom. The Labute approximate surface area is 131 Å². The average molecular weight is 339 g/mol. The van der Waals surface area contributed by atoms with Gasteiger partial charge in [0.25, 0.3) is 0 Å². The SMILES string of the molecule is CN(C)CCCN(C)S(=O)(=O)c1cc(CCl)ccc1Cl. The summed E-state index contributed by atoms with van der Waals surface area (Å²) in [6.07, 6.45) is 0.759. The molecule has 1 aromatic rings. The van der Waals surface area contributed by atoms with E-state index >= 15 is 0 Å². The van der Waals surface area contributed by atoms with E-state index in [1.807, 2.05) is 19.0 Å². The van der Waals surface area contributed by atoms with Crippen LogP contribution in [0, 0.1) is 0 Å². The molecular formula is C13H20Cl2N2O2S. The van der Waals surface area contributed by atoms with Crippen molar-refractivity contribution >= 4 is 33.2 Å². The van der Waals surface area contributed by atoms with Crippen LogP contribution in [0.3, 0.4) is 0 Å². The van der Waals surface area contributed by atoms with Gasteiger partial charge in [-0.3, -0.25) is 0 Å². The third-order valence-corrected chi connectivity index (χ3v) is 5.56. The lowest BCUT2D eigenvalue weighted by Gasteiger charge is -2.19. The summed E-state index contributed by atoms with van der Waals surface area (Å²) < 4.78 is 26.3. The Kier molecular flexibility index (Phi) is 6.75. The molecule has 4 nitrogen and oxygen atoms in total. The van der Waals surface area contributed by atoms with E-state index in [1.54, 1.807) is 19.2 Å². The van der Waals surface area contributed by atoms with Gasteiger partial charge in [0, 0.05) is 19.5 Å². The van der Waals surface area contributed by atoms with Crippen LogP contribution in [0.2, 0.25) is 5.02 Å². The molecule has 0 atom stereocenters. The zero-order valence-electron chi connectivity index (χ0n) is 11.9. The summed E-state index contributed by atoms with van der Waals surface area (Å²) in [7, 11) is 1.90. The van der Waals surface area contributed by atoms with Crippen molar-refractivity contribution in [1.82, 2.24) is 9.21 Å². The van der Waals surface area contributed by atoms with Gasteiger partial charge in [-0.1, -0.05) is 17.7 Å². The van der Waals surface area contributed by atoms with E-state index in [0.717, 1.165) is 18.5 Å². The Morgan fingerprint density at radius 1 is 1.15 bits per heavy atom. The van der Waals surface area contributed by atoms with Gasteiger partial charge in [-0.15, -0.1) is 11.6 Å². The minimum atomic E-state index is -3.58. The van der Waals surface area contributed by atoms with Gasteiger partial charge >= 0.3 is 0 Å². The molecule has 1 rings (SSSR count). The lowest BCUT2D eigenvalue weighted by molar-refractivity contribution is 0.370. The molecule has 0 aliphatic heterocycles. The Hall–Kier alpha value is -0.330. The van der Waals surface area contributed by atoms with Crippen molar-refractivity contribution in [3.05, 3.63) is 28.8 Å². The number of rotatable bonds is 7. The summed E-state index contributed by atoms with van der Waals surface area (Å²) in [6.45, 7) is 1.28. The standard InChI is InChI=1S/C13H20Cl2N2O2S/c1-16(2)7-4-8-17(3)20(18,19)13-9-11(10-14)5-6-12(13)15/h5-6,9H,4,7-8,10H2,1-3H3. The highest BCUT2D eigenvalue weighted by atomic mass is 35.5. The molecule has 20 heavy (non-hydrogen) atoms. The summed E-state index contributed by atoms with van der Waals surface area (Å²) in [5.74, 6) is 0.254. The minimum absolute atomic E-state index is 0.115. The Balaban J connectivity index is 2.92. The second-order valence-electron chi connectivity index (χ2n) is 4.88. The number of halogens is 2. The first-order chi connectivity index (χ1) is 9.28. The fourth-order valence-electron chi connectivity index (χ4n) is 1.73. The largest absolute Gasteiger partial charge is 0.309 e. The number of sulfonamides is 1. The summed E-state index contributed by atoms with van der Waals surface area (Å²) in [5, 5.41) is 0.221. The van der Waals surface area contributed by atoms with Gasteiger partial charge in [-0.25, -0.2) is 12.7 Å². The lowest BCUT2D eigenvalue weighted by Crippen LogP contribution is -2.30. The maximum atomic E-state index is 12.5. The first kappa shape index (κ1) is 17.7. The van der Waals surface area contributed by atoms with Gasteiger partial charge in [0.1, 0.15) is 4.90 Å². The van der Waals surface area contributed by atoms with Crippen LogP contribution in [-0.2, 0) is 15.9 Å². The third kappa shape index (κ3) is 4.60. The van der Waals surface area contributed by atoms with Crippen LogP contribution in [-0.4, -0.2) is 51.9 Å². The van der Waals surface area contributed by atoms with Crippen LogP contribution < -0.4 is 0 Å². The second-order valence-corrected chi connectivity index (χ2v) is 7.57. The summed E-state index contributed by atoms with van der Waals surface area (Å²) in [6, 6.07) is 4.83. The molecule has 7 heteroatoms. The molecule has 0 unspecified atom stereocenters. The first-order valence-corrected chi connectivity index (χ1v) is 8.59. The van der Waals surface area contributed by atoms with E-state index in [4.69, 9.17) is 23.2 Å². The number of nitrogens with zero attached hydrogens (tertiary/aromatic N) is 2. The third-order valence-electron chi connectivity index (χ3n) is 2.92. The normalized spacial score (nSPS) is 12.3. The van der Waals surface area contributed by atoms with E-state index in [0.29, 0.717) is 6.54 Å². The number of alkyl halides is 1. The summed E-state index contributed by atoms with van der Waals surface area (Å²) >= 11 is 11.8. The molecule has 114 valence electrons. The van der Waals surface area contributed by atoms with E-state index < -0.39 is 10.0 Å². The van der Waals surface area contributed by atoms with Gasteiger partial charge in [-0.2, -0.15) is 0 Å². The summed E-state index contributed by atoms with van der Waals surface area (Å²) in [4.78, 5) is 2.13. The van der Waals surface area contributed by atoms with E-state index in [9.17, 15) is 8.42 Å². The molecule has 0 radical (unpaired) electrons. The molecule has 0 saturated heterocycles. The van der Waals surface area contributed by atoms with Crippen molar-refractivity contribution in [3.8, 4) is 0 Å². The molecule has 0 saturated carbocycles. The Bertz CT molecular complexity index is 547. The fraction of sp³-hybridized carbons (Fsp3) is 0.538. The number of hydrogen-bond acceptors (Lipinski definition) is 3. The molecule has 0 spiro atoms. The maximum absolute atomic E-state index is 12.5. The quantitative estimate of drug-likeness (QED) is 0.717. The predicted molar refractivity (Wildman–Crippen MR) is 84.0 cm³/mol. The highest BCUT2D eigenvalue weighted by Crippen LogP contribution is 2.26. The molecule has 0 heterocycles. The fourth-order valence-corrected chi connectivity index (χ4v) is 3.62. The molecule has 0 bridgehead atoms. The number of benzene rings is 1. The van der Waals surface area contributed by atoms with Gasteiger partial charge in [0.15, 0.2) is 0 Å². The van der Waals surface area contributed by atoms with Crippen molar-refractivity contribution < 1.29 is 8.42 Å². The summed E-state index contributed by atoms with van der Waals surface area (Å²) in [5.41, 5.74) is 0.733. The monoisotopic (exact) mass is 338 g/mol. The van der Waals surface area contributed by atoms with Gasteiger partial charge in [-0.05, 0) is 44.8 Å². The van der Waals surface area contributed by atoms with Crippen LogP contribution in [0.15, 0.2) is 23.1 Å². The highest BCUT2D eigenvalue weighted by molar-refractivity contribution is 7.89. The molecule has 0 aliphatic rings. The molecule has 0 N–H and O–H groups in total. The Morgan fingerprint density at radius 2 is 1.80 bits per heavy atom. The molecule has 0 aliphatic carbocycles. The van der Waals surface area contributed by atoms with Gasteiger partial charge < -0.3 is 4.90 Å². The second kappa shape index (κ2) is 7.61.